The van der Waals surface area contributed by atoms with Crippen molar-refractivity contribution in [3.63, 3.8) is 0 Å². The van der Waals surface area contributed by atoms with Gasteiger partial charge in [-0.05, 0) is 43.5 Å². The van der Waals surface area contributed by atoms with Crippen molar-refractivity contribution in [3.05, 3.63) is 59.2 Å². The highest BCUT2D eigenvalue weighted by molar-refractivity contribution is 5.24. The zero-order valence-electron chi connectivity index (χ0n) is 11.9. The van der Waals surface area contributed by atoms with E-state index in [4.69, 9.17) is 0 Å². The first-order chi connectivity index (χ1) is 9.22. The van der Waals surface area contributed by atoms with Gasteiger partial charge in [0.15, 0.2) is 0 Å². The number of hydrogen-bond donors (Lipinski definition) is 1. The Kier molecular flexibility index (Phi) is 4.63. The molecule has 0 aliphatic carbocycles. The fourth-order valence-electron chi connectivity index (χ4n) is 2.05. The zero-order valence-corrected chi connectivity index (χ0v) is 11.9. The van der Waals surface area contributed by atoms with Crippen LogP contribution in [-0.2, 0) is 12.8 Å². The second-order valence-corrected chi connectivity index (χ2v) is 4.83. The Morgan fingerprint density at radius 2 is 1.63 bits per heavy atom. The molecule has 2 rings (SSSR count). The average Bonchev–Trinajstić information content (AvgIpc) is 2.46. The van der Waals surface area contributed by atoms with E-state index >= 15 is 0 Å². The Morgan fingerprint density at radius 3 is 2.16 bits per heavy atom. The Bertz CT molecular complexity index is 503. The van der Waals surface area contributed by atoms with Gasteiger partial charge in [-0.25, -0.2) is 9.97 Å². The van der Waals surface area contributed by atoms with Crippen LogP contribution in [0.2, 0.25) is 0 Å². The minimum absolute atomic E-state index is 0.160. The molecule has 0 saturated carbocycles. The van der Waals surface area contributed by atoms with Gasteiger partial charge in [0.2, 0.25) is 0 Å². The van der Waals surface area contributed by atoms with E-state index in [-0.39, 0.29) is 6.04 Å². The number of hydrogen-bond acceptors (Lipinski definition) is 3. The molecule has 0 spiro atoms. The van der Waals surface area contributed by atoms with Gasteiger partial charge in [0.05, 0.1) is 6.04 Å². The molecule has 0 aliphatic heterocycles. The van der Waals surface area contributed by atoms with E-state index in [1.807, 2.05) is 26.4 Å². The van der Waals surface area contributed by atoms with Gasteiger partial charge in [0.25, 0.3) is 0 Å². The van der Waals surface area contributed by atoms with Crippen LogP contribution in [0.3, 0.4) is 0 Å². The lowest BCUT2D eigenvalue weighted by Crippen LogP contribution is -2.21. The van der Waals surface area contributed by atoms with Gasteiger partial charge in [-0.2, -0.15) is 0 Å². The van der Waals surface area contributed by atoms with E-state index in [0.717, 1.165) is 24.2 Å². The molecule has 0 aliphatic rings. The van der Waals surface area contributed by atoms with Gasteiger partial charge in [-0.3, -0.25) is 0 Å². The largest absolute Gasteiger partial charge is 0.310 e. The summed E-state index contributed by atoms with van der Waals surface area (Å²) in [5, 5.41) is 3.29. The number of nitrogens with zero attached hydrogens (tertiary/aromatic N) is 2. The molecule has 1 aromatic heterocycles. The van der Waals surface area contributed by atoms with Crippen molar-refractivity contribution in [1.82, 2.24) is 15.3 Å². The molecule has 1 heterocycles. The van der Waals surface area contributed by atoms with Crippen LogP contribution in [0, 0.1) is 6.92 Å². The summed E-state index contributed by atoms with van der Waals surface area (Å²) in [4.78, 5) is 8.81. The van der Waals surface area contributed by atoms with Gasteiger partial charge in [-0.1, -0.05) is 31.2 Å². The van der Waals surface area contributed by atoms with Crippen molar-refractivity contribution >= 4 is 0 Å². The minimum atomic E-state index is 0.160. The summed E-state index contributed by atoms with van der Waals surface area (Å²) in [6.07, 6.45) is 5.72. The molecule has 1 unspecified atom stereocenters. The topological polar surface area (TPSA) is 37.8 Å². The van der Waals surface area contributed by atoms with Crippen LogP contribution in [-0.4, -0.2) is 17.0 Å². The van der Waals surface area contributed by atoms with E-state index in [1.165, 1.54) is 11.1 Å². The molecule has 100 valence electrons. The van der Waals surface area contributed by atoms with Crippen molar-refractivity contribution in [2.45, 2.75) is 32.7 Å². The number of likely N-dealkylation sites (N-methyl/N-ethyl adjacent to an activating group) is 1. The first-order valence-corrected chi connectivity index (χ1v) is 6.76. The van der Waals surface area contributed by atoms with Gasteiger partial charge < -0.3 is 5.32 Å². The molecule has 0 amide bonds. The lowest BCUT2D eigenvalue weighted by molar-refractivity contribution is 0.556. The third-order valence-corrected chi connectivity index (χ3v) is 3.33. The summed E-state index contributed by atoms with van der Waals surface area (Å²) < 4.78 is 0. The van der Waals surface area contributed by atoms with E-state index < -0.39 is 0 Å². The number of rotatable bonds is 5. The fraction of sp³-hybridized carbons (Fsp3) is 0.375. The highest BCUT2D eigenvalue weighted by Gasteiger charge is 2.12. The zero-order chi connectivity index (χ0) is 13.7. The lowest BCUT2D eigenvalue weighted by atomic mass is 10.0. The van der Waals surface area contributed by atoms with Crippen LogP contribution in [0.15, 0.2) is 36.7 Å². The Labute approximate surface area is 115 Å². The summed E-state index contributed by atoms with van der Waals surface area (Å²) in [6, 6.07) is 8.93. The maximum Gasteiger partial charge on any atom is 0.145 e. The highest BCUT2D eigenvalue weighted by Crippen LogP contribution is 2.15. The Hall–Kier alpha value is -1.74. The van der Waals surface area contributed by atoms with Crippen LogP contribution >= 0.6 is 0 Å². The molecule has 19 heavy (non-hydrogen) atoms. The standard InChI is InChI=1S/C16H21N3/c1-4-13-5-7-14(8-6-13)9-15(17-3)16-18-10-12(2)11-19-16/h5-8,10-11,15,17H,4,9H2,1-3H3. The SMILES string of the molecule is CCc1ccc(CC(NC)c2ncc(C)cn2)cc1. The van der Waals surface area contributed by atoms with Crippen molar-refractivity contribution in [2.24, 2.45) is 0 Å². The Morgan fingerprint density at radius 1 is 1.05 bits per heavy atom. The van der Waals surface area contributed by atoms with Crippen LogP contribution in [0.25, 0.3) is 0 Å². The van der Waals surface area contributed by atoms with E-state index in [2.05, 4.69) is 46.5 Å². The molecule has 0 radical (unpaired) electrons. The first-order valence-electron chi connectivity index (χ1n) is 6.76. The second kappa shape index (κ2) is 6.43. The molecule has 3 heteroatoms. The summed E-state index contributed by atoms with van der Waals surface area (Å²) in [5.41, 5.74) is 3.77. The summed E-state index contributed by atoms with van der Waals surface area (Å²) in [7, 11) is 1.95. The molecule has 0 saturated heterocycles. The quantitative estimate of drug-likeness (QED) is 0.892. The molecule has 2 aromatic rings. The van der Waals surface area contributed by atoms with Gasteiger partial charge in [0, 0.05) is 12.4 Å². The molecule has 1 N–H and O–H groups in total. The van der Waals surface area contributed by atoms with Crippen molar-refractivity contribution in [1.29, 1.82) is 0 Å². The minimum Gasteiger partial charge on any atom is -0.310 e. The second-order valence-electron chi connectivity index (χ2n) is 4.83. The molecular formula is C16H21N3. The van der Waals surface area contributed by atoms with Gasteiger partial charge >= 0.3 is 0 Å². The third kappa shape index (κ3) is 3.61. The maximum absolute atomic E-state index is 4.41. The predicted molar refractivity (Wildman–Crippen MR) is 78.1 cm³/mol. The molecule has 0 fully saturated rings. The van der Waals surface area contributed by atoms with Crippen LogP contribution in [0.5, 0.6) is 0 Å². The molecule has 1 aromatic carbocycles. The third-order valence-electron chi connectivity index (χ3n) is 3.33. The molecule has 3 nitrogen and oxygen atoms in total. The Balaban J connectivity index is 2.11. The number of benzene rings is 1. The maximum atomic E-state index is 4.41. The van der Waals surface area contributed by atoms with Gasteiger partial charge in [-0.15, -0.1) is 0 Å². The number of aromatic nitrogens is 2. The summed E-state index contributed by atoms with van der Waals surface area (Å²) in [6.45, 7) is 4.17. The van der Waals surface area contributed by atoms with Gasteiger partial charge in [0.1, 0.15) is 5.82 Å². The van der Waals surface area contributed by atoms with Crippen molar-refractivity contribution in [2.75, 3.05) is 7.05 Å². The number of aryl methyl sites for hydroxylation is 2. The smallest absolute Gasteiger partial charge is 0.145 e. The highest BCUT2D eigenvalue weighted by atomic mass is 15.0. The van der Waals surface area contributed by atoms with Crippen LogP contribution < -0.4 is 5.32 Å². The monoisotopic (exact) mass is 255 g/mol. The van der Waals surface area contributed by atoms with Crippen LogP contribution in [0.1, 0.15) is 35.5 Å². The van der Waals surface area contributed by atoms with Crippen LogP contribution in [0.4, 0.5) is 0 Å². The number of nitrogens with one attached hydrogen (secondary N) is 1. The molecular weight excluding hydrogens is 234 g/mol. The predicted octanol–water partition coefficient (Wildman–Crippen LogP) is 2.85. The van der Waals surface area contributed by atoms with E-state index in [9.17, 15) is 0 Å². The normalized spacial score (nSPS) is 12.4. The van der Waals surface area contributed by atoms with E-state index in [0.29, 0.717) is 0 Å². The summed E-state index contributed by atoms with van der Waals surface area (Å²) in [5.74, 6) is 0.854. The molecule has 0 bridgehead atoms. The first kappa shape index (κ1) is 13.7. The average molecular weight is 255 g/mol. The summed E-state index contributed by atoms with van der Waals surface area (Å²) >= 11 is 0. The van der Waals surface area contributed by atoms with E-state index in [1.54, 1.807) is 0 Å². The van der Waals surface area contributed by atoms with Crippen molar-refractivity contribution < 1.29 is 0 Å². The fourth-order valence-corrected chi connectivity index (χ4v) is 2.05. The van der Waals surface area contributed by atoms with Crippen molar-refractivity contribution in [3.8, 4) is 0 Å². The molecule has 1 atom stereocenters. The lowest BCUT2D eigenvalue weighted by Gasteiger charge is -2.15.